The highest BCUT2D eigenvalue weighted by Crippen LogP contribution is 2.32. The Hall–Kier alpha value is -1.71. The molecule has 1 aliphatic rings. The third-order valence-corrected chi connectivity index (χ3v) is 2.82. The summed E-state index contributed by atoms with van der Waals surface area (Å²) in [5.74, 6) is 1.61. The third kappa shape index (κ3) is 2.52. The van der Waals surface area contributed by atoms with Gasteiger partial charge < -0.3 is 14.4 Å². The molecule has 0 N–H and O–H groups in total. The van der Waals surface area contributed by atoms with Gasteiger partial charge in [0.25, 0.3) is 0 Å². The molecule has 0 aromatic heterocycles. The highest BCUT2D eigenvalue weighted by Gasteiger charge is 2.17. The van der Waals surface area contributed by atoms with Gasteiger partial charge in [0.1, 0.15) is 0 Å². The number of nitrogens with zero attached hydrogens (tertiary/aromatic N) is 1. The van der Waals surface area contributed by atoms with Crippen molar-refractivity contribution in [3.63, 3.8) is 0 Å². The van der Waals surface area contributed by atoms with Crippen LogP contribution in [0.25, 0.3) is 0 Å². The standard InChI is InChI=1S/C13H17NO3/c1-9(2)14(10(3)15)7-11-4-5-12-13(6-11)17-8-16-12/h4-6,9H,7-8H2,1-3H3. The molecular formula is C13H17NO3. The Morgan fingerprint density at radius 1 is 1.35 bits per heavy atom. The van der Waals surface area contributed by atoms with Gasteiger partial charge in [0.05, 0.1) is 0 Å². The van der Waals surface area contributed by atoms with Crippen LogP contribution in [0.5, 0.6) is 11.5 Å². The van der Waals surface area contributed by atoms with E-state index >= 15 is 0 Å². The van der Waals surface area contributed by atoms with Crippen LogP contribution >= 0.6 is 0 Å². The van der Waals surface area contributed by atoms with Gasteiger partial charge in [-0.05, 0) is 31.5 Å². The zero-order valence-electron chi connectivity index (χ0n) is 10.4. The largest absolute Gasteiger partial charge is 0.454 e. The highest BCUT2D eigenvalue weighted by atomic mass is 16.7. The van der Waals surface area contributed by atoms with Crippen molar-refractivity contribution >= 4 is 5.91 Å². The fraction of sp³-hybridized carbons (Fsp3) is 0.462. The molecule has 0 aliphatic carbocycles. The molecular weight excluding hydrogens is 218 g/mol. The van der Waals surface area contributed by atoms with E-state index in [0.29, 0.717) is 6.54 Å². The lowest BCUT2D eigenvalue weighted by Crippen LogP contribution is -2.34. The van der Waals surface area contributed by atoms with Crippen molar-refractivity contribution in [2.24, 2.45) is 0 Å². The first kappa shape index (κ1) is 11.8. The quantitative estimate of drug-likeness (QED) is 0.806. The minimum atomic E-state index is 0.0812. The van der Waals surface area contributed by atoms with Crippen LogP contribution < -0.4 is 9.47 Å². The van der Waals surface area contributed by atoms with Gasteiger partial charge in [-0.15, -0.1) is 0 Å². The van der Waals surface area contributed by atoms with E-state index in [4.69, 9.17) is 9.47 Å². The topological polar surface area (TPSA) is 38.8 Å². The highest BCUT2D eigenvalue weighted by molar-refractivity contribution is 5.73. The molecule has 4 nitrogen and oxygen atoms in total. The number of carbonyl (C=O) groups is 1. The summed E-state index contributed by atoms with van der Waals surface area (Å²) >= 11 is 0. The van der Waals surface area contributed by atoms with E-state index in [9.17, 15) is 4.79 Å². The van der Waals surface area contributed by atoms with E-state index in [0.717, 1.165) is 17.1 Å². The van der Waals surface area contributed by atoms with Crippen LogP contribution in [-0.2, 0) is 11.3 Å². The van der Waals surface area contributed by atoms with Crippen LogP contribution in [0.2, 0.25) is 0 Å². The first-order chi connectivity index (χ1) is 8.08. The predicted octanol–water partition coefficient (Wildman–Crippen LogP) is 2.17. The van der Waals surface area contributed by atoms with E-state index in [1.54, 1.807) is 6.92 Å². The summed E-state index contributed by atoms with van der Waals surface area (Å²) in [5.41, 5.74) is 1.05. The van der Waals surface area contributed by atoms with Crippen LogP contribution in [0.1, 0.15) is 26.3 Å². The maximum Gasteiger partial charge on any atom is 0.231 e. The molecule has 0 bridgehead atoms. The van der Waals surface area contributed by atoms with E-state index in [1.807, 2.05) is 36.9 Å². The molecule has 0 radical (unpaired) electrons. The van der Waals surface area contributed by atoms with E-state index in [1.165, 1.54) is 0 Å². The van der Waals surface area contributed by atoms with Gasteiger partial charge in [0.15, 0.2) is 11.5 Å². The fourth-order valence-corrected chi connectivity index (χ4v) is 1.89. The lowest BCUT2D eigenvalue weighted by atomic mass is 10.1. The second-order valence-corrected chi connectivity index (χ2v) is 4.43. The number of fused-ring (bicyclic) bond motifs is 1. The fourth-order valence-electron chi connectivity index (χ4n) is 1.89. The molecule has 0 unspecified atom stereocenters. The van der Waals surface area contributed by atoms with E-state index < -0.39 is 0 Å². The Kier molecular flexibility index (Phi) is 3.22. The molecule has 0 fully saturated rings. The summed E-state index contributed by atoms with van der Waals surface area (Å²) < 4.78 is 10.6. The molecule has 92 valence electrons. The van der Waals surface area contributed by atoms with E-state index in [-0.39, 0.29) is 18.7 Å². The molecule has 4 heteroatoms. The first-order valence-electron chi connectivity index (χ1n) is 5.73. The average molecular weight is 235 g/mol. The number of carbonyl (C=O) groups excluding carboxylic acids is 1. The summed E-state index contributed by atoms with van der Waals surface area (Å²) in [5, 5.41) is 0. The van der Waals surface area contributed by atoms with Crippen molar-refractivity contribution in [1.82, 2.24) is 4.90 Å². The zero-order valence-corrected chi connectivity index (χ0v) is 10.4. The summed E-state index contributed by atoms with van der Waals surface area (Å²) in [7, 11) is 0. The summed E-state index contributed by atoms with van der Waals surface area (Å²) in [6, 6.07) is 5.97. The maximum atomic E-state index is 11.5. The molecule has 1 aromatic carbocycles. The monoisotopic (exact) mass is 235 g/mol. The number of hydrogen-bond acceptors (Lipinski definition) is 3. The Balaban J connectivity index is 2.15. The summed E-state index contributed by atoms with van der Waals surface area (Å²) in [6.07, 6.45) is 0. The molecule has 17 heavy (non-hydrogen) atoms. The molecule has 0 saturated heterocycles. The second-order valence-electron chi connectivity index (χ2n) is 4.43. The van der Waals surface area contributed by atoms with Crippen molar-refractivity contribution in [3.05, 3.63) is 23.8 Å². The van der Waals surface area contributed by atoms with Gasteiger partial charge in [-0.2, -0.15) is 0 Å². The molecule has 2 rings (SSSR count). The van der Waals surface area contributed by atoms with Crippen LogP contribution in [0, 0.1) is 0 Å². The van der Waals surface area contributed by atoms with Crippen LogP contribution in [0.3, 0.4) is 0 Å². The minimum Gasteiger partial charge on any atom is -0.454 e. The Morgan fingerprint density at radius 2 is 2.06 bits per heavy atom. The SMILES string of the molecule is CC(=O)N(Cc1ccc2c(c1)OCO2)C(C)C. The molecule has 1 amide bonds. The van der Waals surface area contributed by atoms with Crippen molar-refractivity contribution in [1.29, 1.82) is 0 Å². The van der Waals surface area contributed by atoms with Gasteiger partial charge in [0, 0.05) is 19.5 Å². The molecule has 0 spiro atoms. The molecule has 0 saturated carbocycles. The van der Waals surface area contributed by atoms with E-state index in [2.05, 4.69) is 0 Å². The van der Waals surface area contributed by atoms with Crippen molar-refractivity contribution in [3.8, 4) is 11.5 Å². The van der Waals surface area contributed by atoms with Crippen molar-refractivity contribution < 1.29 is 14.3 Å². The smallest absolute Gasteiger partial charge is 0.231 e. The molecule has 0 atom stereocenters. The van der Waals surface area contributed by atoms with Crippen LogP contribution in [0.15, 0.2) is 18.2 Å². The average Bonchev–Trinajstić information content (AvgIpc) is 2.71. The van der Waals surface area contributed by atoms with Crippen LogP contribution in [0.4, 0.5) is 0 Å². The Morgan fingerprint density at radius 3 is 2.71 bits per heavy atom. The van der Waals surface area contributed by atoms with Crippen LogP contribution in [-0.4, -0.2) is 23.6 Å². The normalized spacial score (nSPS) is 12.9. The lowest BCUT2D eigenvalue weighted by Gasteiger charge is -2.25. The first-order valence-corrected chi connectivity index (χ1v) is 5.73. The number of hydrogen-bond donors (Lipinski definition) is 0. The summed E-state index contributed by atoms with van der Waals surface area (Å²) in [6.45, 7) is 6.48. The predicted molar refractivity (Wildman–Crippen MR) is 63.9 cm³/mol. The van der Waals surface area contributed by atoms with Crippen molar-refractivity contribution in [2.45, 2.75) is 33.4 Å². The number of rotatable bonds is 3. The third-order valence-electron chi connectivity index (χ3n) is 2.82. The Labute approximate surface area is 101 Å². The molecule has 1 aliphatic heterocycles. The van der Waals surface area contributed by atoms with Crippen molar-refractivity contribution in [2.75, 3.05) is 6.79 Å². The van der Waals surface area contributed by atoms with Gasteiger partial charge in [-0.1, -0.05) is 6.07 Å². The van der Waals surface area contributed by atoms with Gasteiger partial charge in [0.2, 0.25) is 12.7 Å². The number of ether oxygens (including phenoxy) is 2. The number of benzene rings is 1. The maximum absolute atomic E-state index is 11.5. The summed E-state index contributed by atoms with van der Waals surface area (Å²) in [4.78, 5) is 13.3. The number of amides is 1. The Bertz CT molecular complexity index is 429. The molecule has 1 aromatic rings. The zero-order chi connectivity index (χ0) is 12.4. The second kappa shape index (κ2) is 4.65. The van der Waals surface area contributed by atoms with Gasteiger partial charge >= 0.3 is 0 Å². The molecule has 1 heterocycles. The van der Waals surface area contributed by atoms with Gasteiger partial charge in [-0.3, -0.25) is 4.79 Å². The lowest BCUT2D eigenvalue weighted by molar-refractivity contribution is -0.131. The van der Waals surface area contributed by atoms with Gasteiger partial charge in [-0.25, -0.2) is 0 Å². The minimum absolute atomic E-state index is 0.0812.